The number of nitrogens with one attached hydrogen (secondary N) is 1. The second-order valence-corrected chi connectivity index (χ2v) is 8.89. The lowest BCUT2D eigenvalue weighted by Crippen LogP contribution is -2.71. The highest BCUT2D eigenvalue weighted by Crippen LogP contribution is 2.41. The largest absolute Gasteiger partial charge is 0.461 e. The van der Waals surface area contributed by atoms with Crippen LogP contribution in [-0.4, -0.2) is 76.1 Å². The van der Waals surface area contributed by atoms with Gasteiger partial charge in [-0.2, -0.15) is 0 Å². The van der Waals surface area contributed by atoms with E-state index >= 15 is 0 Å². The monoisotopic (exact) mass is 437 g/mol. The van der Waals surface area contributed by atoms with Gasteiger partial charge < -0.3 is 19.7 Å². The van der Waals surface area contributed by atoms with Crippen LogP contribution in [-0.2, 0) is 23.9 Å². The molecule has 30 heavy (non-hydrogen) atoms. The number of hydrogen-bond donors (Lipinski definition) is 1. The van der Waals surface area contributed by atoms with Crippen molar-refractivity contribution in [2.24, 2.45) is 0 Å². The van der Waals surface area contributed by atoms with Gasteiger partial charge in [0.05, 0.1) is 6.54 Å². The first-order valence-corrected chi connectivity index (χ1v) is 10.6. The predicted octanol–water partition coefficient (Wildman–Crippen LogP) is 1.09. The summed E-state index contributed by atoms with van der Waals surface area (Å²) >= 11 is 1.37. The summed E-state index contributed by atoms with van der Waals surface area (Å²) in [4.78, 5) is 52.1. The number of alkyl carbamates (subject to hydrolysis) is 1. The highest BCUT2D eigenvalue weighted by molar-refractivity contribution is 8.00. The minimum atomic E-state index is -0.814. The molecule has 1 fully saturated rings. The molecule has 2 rings (SSSR count). The summed E-state index contributed by atoms with van der Waals surface area (Å²) in [6, 6.07) is -0.814. The number of fused-ring (bicyclic) bond motifs is 1. The van der Waals surface area contributed by atoms with E-state index in [1.165, 1.54) is 28.5 Å². The number of β-lactam (4-membered cyclic amide) rings is 1. The molecule has 164 valence electrons. The lowest BCUT2D eigenvalue weighted by Gasteiger charge is -2.50. The predicted molar refractivity (Wildman–Crippen MR) is 111 cm³/mol. The normalized spacial score (nSPS) is 20.5. The zero-order valence-corrected chi connectivity index (χ0v) is 18.6. The Kier molecular flexibility index (Phi) is 7.42. The number of thioether (sulfide) groups is 1. The van der Waals surface area contributed by atoms with Crippen LogP contribution in [0.3, 0.4) is 0 Å². The molecule has 2 aliphatic rings. The smallest absolute Gasteiger partial charge is 0.408 e. The first-order valence-electron chi connectivity index (χ1n) is 9.52. The molecule has 0 unspecified atom stereocenters. The van der Waals surface area contributed by atoms with Gasteiger partial charge in [-0.25, -0.2) is 4.79 Å². The molecule has 0 spiro atoms. The first-order chi connectivity index (χ1) is 14.0. The van der Waals surface area contributed by atoms with Crippen LogP contribution in [0.5, 0.6) is 0 Å². The van der Waals surface area contributed by atoms with Crippen molar-refractivity contribution >= 4 is 35.6 Å². The Morgan fingerprint density at radius 2 is 2.03 bits per heavy atom. The zero-order chi connectivity index (χ0) is 22.6. The number of carbonyl (C=O) groups is 4. The van der Waals surface area contributed by atoms with Gasteiger partial charge in [-0.1, -0.05) is 5.92 Å². The van der Waals surface area contributed by atoms with E-state index in [9.17, 15) is 19.2 Å². The quantitative estimate of drug-likeness (QED) is 0.377. The van der Waals surface area contributed by atoms with Gasteiger partial charge in [0.25, 0.3) is 11.8 Å². The van der Waals surface area contributed by atoms with Crippen LogP contribution in [0.4, 0.5) is 4.79 Å². The fraction of sp³-hybridized carbons (Fsp3) is 0.600. The number of rotatable bonds is 6. The highest BCUT2D eigenvalue weighted by atomic mass is 32.2. The van der Waals surface area contributed by atoms with Crippen LogP contribution in [0.25, 0.3) is 0 Å². The Balaban J connectivity index is 2.27. The second-order valence-electron chi connectivity index (χ2n) is 7.79. The maximum Gasteiger partial charge on any atom is 0.408 e. The molecule has 0 bridgehead atoms. The molecule has 9 nitrogen and oxygen atoms in total. The van der Waals surface area contributed by atoms with Gasteiger partial charge in [0.15, 0.2) is 0 Å². The third-order valence-electron chi connectivity index (χ3n) is 4.32. The summed E-state index contributed by atoms with van der Waals surface area (Å²) in [7, 11) is 0. The molecule has 0 aromatic heterocycles. The number of ether oxygens (including phenoxy) is 2. The van der Waals surface area contributed by atoms with Crippen molar-refractivity contribution in [3.8, 4) is 12.3 Å². The SMILES string of the molecule is C#CCN(CC)C(=O)C1=C(COC(C)=O)CS[C@@H]2[C@H](NC(=O)OC(C)(C)C)C(=O)N12. The standard InChI is InChI=1S/C20H27N3O6S/c1-7-9-22(8-2)17(26)15-13(10-28-12(3)24)11-30-18-14(16(25)23(15)18)21-19(27)29-20(4,5)6/h1,14,18H,8-11H2,2-6H3,(H,21,27)/t14-,18-/m1/s1. The van der Waals surface area contributed by atoms with E-state index < -0.39 is 40.9 Å². The van der Waals surface area contributed by atoms with E-state index in [4.69, 9.17) is 15.9 Å². The second kappa shape index (κ2) is 9.43. The van der Waals surface area contributed by atoms with Gasteiger partial charge in [0.2, 0.25) is 0 Å². The highest BCUT2D eigenvalue weighted by Gasteiger charge is 2.54. The third kappa shape index (κ3) is 5.27. The van der Waals surface area contributed by atoms with Crippen molar-refractivity contribution < 1.29 is 28.7 Å². The Bertz CT molecular complexity index is 810. The molecule has 0 aromatic rings. The summed E-state index contributed by atoms with van der Waals surface area (Å²) in [5.74, 6) is 1.46. The molecule has 2 heterocycles. The number of carbonyl (C=O) groups excluding carboxylic acids is 4. The fourth-order valence-corrected chi connectivity index (χ4v) is 4.33. The lowest BCUT2D eigenvalue weighted by atomic mass is 10.0. The van der Waals surface area contributed by atoms with Crippen LogP contribution in [0, 0.1) is 12.3 Å². The van der Waals surface area contributed by atoms with E-state index in [-0.39, 0.29) is 18.8 Å². The van der Waals surface area contributed by atoms with Crippen LogP contribution in [0.1, 0.15) is 34.6 Å². The molecule has 2 aliphatic heterocycles. The van der Waals surface area contributed by atoms with Crippen molar-refractivity contribution in [2.75, 3.05) is 25.4 Å². The molecule has 1 N–H and O–H groups in total. The van der Waals surface area contributed by atoms with Crippen LogP contribution < -0.4 is 5.32 Å². The van der Waals surface area contributed by atoms with Crippen molar-refractivity contribution in [2.45, 2.75) is 51.6 Å². The summed E-state index contributed by atoms with van der Waals surface area (Å²) < 4.78 is 10.3. The van der Waals surface area contributed by atoms with Gasteiger partial charge in [-0.3, -0.25) is 19.3 Å². The molecular formula is C20H27N3O6S. The summed E-state index contributed by atoms with van der Waals surface area (Å²) in [6.45, 7) is 8.56. The molecule has 0 saturated carbocycles. The van der Waals surface area contributed by atoms with Gasteiger partial charge in [-0.15, -0.1) is 18.2 Å². The first kappa shape index (κ1) is 23.6. The van der Waals surface area contributed by atoms with Gasteiger partial charge in [0.1, 0.15) is 29.3 Å². The maximum atomic E-state index is 13.1. The average Bonchev–Trinajstić information content (AvgIpc) is 2.65. The number of hydrogen-bond acceptors (Lipinski definition) is 7. The Labute approximate surface area is 180 Å². The van der Waals surface area contributed by atoms with Gasteiger partial charge >= 0.3 is 12.1 Å². The molecule has 0 radical (unpaired) electrons. The van der Waals surface area contributed by atoms with Crippen LogP contribution in [0.2, 0.25) is 0 Å². The molecule has 3 amide bonds. The number of nitrogens with zero attached hydrogens (tertiary/aromatic N) is 2. The summed E-state index contributed by atoms with van der Waals surface area (Å²) in [5.41, 5.74) is -0.0222. The van der Waals surface area contributed by atoms with Gasteiger partial charge in [0, 0.05) is 24.8 Å². The number of terminal acetylenes is 1. The number of esters is 1. The van der Waals surface area contributed by atoms with E-state index in [2.05, 4.69) is 11.2 Å². The Morgan fingerprint density at radius 1 is 1.37 bits per heavy atom. The van der Waals surface area contributed by atoms with Crippen molar-refractivity contribution in [1.82, 2.24) is 15.1 Å². The van der Waals surface area contributed by atoms with Crippen molar-refractivity contribution in [3.63, 3.8) is 0 Å². The molecular weight excluding hydrogens is 410 g/mol. The molecule has 0 aromatic carbocycles. The van der Waals surface area contributed by atoms with Crippen LogP contribution in [0.15, 0.2) is 11.3 Å². The van der Waals surface area contributed by atoms with Crippen molar-refractivity contribution in [1.29, 1.82) is 0 Å². The zero-order valence-electron chi connectivity index (χ0n) is 17.8. The minimum absolute atomic E-state index is 0.0824. The molecule has 0 aliphatic carbocycles. The Morgan fingerprint density at radius 3 is 2.57 bits per heavy atom. The van der Waals surface area contributed by atoms with E-state index in [1.54, 1.807) is 27.7 Å². The van der Waals surface area contributed by atoms with Crippen LogP contribution >= 0.6 is 11.8 Å². The van der Waals surface area contributed by atoms with E-state index in [0.717, 1.165) is 0 Å². The molecule has 2 atom stereocenters. The Hall–Kier alpha value is -2.67. The summed E-state index contributed by atoms with van der Waals surface area (Å²) in [6.07, 6.45) is 4.66. The van der Waals surface area contributed by atoms with Crippen molar-refractivity contribution in [3.05, 3.63) is 11.3 Å². The molecule has 1 saturated heterocycles. The topological polar surface area (TPSA) is 105 Å². The van der Waals surface area contributed by atoms with E-state index in [1.807, 2.05) is 0 Å². The average molecular weight is 438 g/mol. The third-order valence-corrected chi connectivity index (χ3v) is 5.66. The maximum absolute atomic E-state index is 13.1. The number of likely N-dealkylation sites (N-methyl/N-ethyl adjacent to an activating group) is 1. The fourth-order valence-electron chi connectivity index (χ4n) is 3.00. The molecule has 10 heteroatoms. The number of amides is 3. The summed E-state index contributed by atoms with van der Waals surface area (Å²) in [5, 5.41) is 2.11. The van der Waals surface area contributed by atoms with Gasteiger partial charge in [-0.05, 0) is 27.7 Å². The van der Waals surface area contributed by atoms with E-state index in [0.29, 0.717) is 17.9 Å². The lowest BCUT2D eigenvalue weighted by molar-refractivity contribution is -0.147. The minimum Gasteiger partial charge on any atom is -0.461 e.